The molecule has 0 spiro atoms. The molecule has 0 aromatic heterocycles. The Morgan fingerprint density at radius 3 is 3.00 bits per heavy atom. The van der Waals surface area contributed by atoms with Gasteiger partial charge in [-0.3, -0.25) is 0 Å². The first-order valence-corrected chi connectivity index (χ1v) is 4.66. The van der Waals surface area contributed by atoms with Crippen molar-refractivity contribution in [3.63, 3.8) is 0 Å². The predicted molar refractivity (Wildman–Crippen MR) is 54.6 cm³/mol. The number of hydrogen-bond acceptors (Lipinski definition) is 3. The van der Waals surface area contributed by atoms with E-state index in [0.29, 0.717) is 6.61 Å². The average molecular weight is 191 g/mol. The van der Waals surface area contributed by atoms with E-state index < -0.39 is 0 Å². The van der Waals surface area contributed by atoms with Gasteiger partial charge in [0.05, 0.1) is 12.3 Å². The van der Waals surface area contributed by atoms with Crippen LogP contribution in [-0.2, 0) is 4.84 Å². The van der Waals surface area contributed by atoms with Gasteiger partial charge in [-0.05, 0) is 12.1 Å². The fourth-order valence-corrected chi connectivity index (χ4v) is 1.60. The van der Waals surface area contributed by atoms with Gasteiger partial charge in [0.2, 0.25) is 0 Å². The molecule has 0 saturated carbocycles. The summed E-state index contributed by atoms with van der Waals surface area (Å²) in [6.45, 7) is 2.74. The summed E-state index contributed by atoms with van der Waals surface area (Å²) in [6.07, 6.45) is 0. The zero-order chi connectivity index (χ0) is 9.97. The molecule has 1 unspecified atom stereocenters. The van der Waals surface area contributed by atoms with Gasteiger partial charge in [-0.25, -0.2) is 0 Å². The molecule has 1 aromatic rings. The molecule has 1 heterocycles. The van der Waals surface area contributed by atoms with Crippen molar-refractivity contribution in [3.05, 3.63) is 29.8 Å². The molecule has 3 nitrogen and oxygen atoms in total. The Morgan fingerprint density at radius 2 is 2.21 bits per heavy atom. The molecule has 0 N–H and O–H groups in total. The lowest BCUT2D eigenvalue weighted by Gasteiger charge is -2.23. The maximum Gasteiger partial charge on any atom is 0.128 e. The molecule has 1 aromatic carbocycles. The van der Waals surface area contributed by atoms with Gasteiger partial charge in [-0.15, -0.1) is 0 Å². The van der Waals surface area contributed by atoms with E-state index in [4.69, 9.17) is 9.57 Å². The maximum atomic E-state index is 5.58. The Balaban J connectivity index is 2.46. The summed E-state index contributed by atoms with van der Waals surface area (Å²) < 4.78 is 5.58. The minimum Gasteiger partial charge on any atom is -0.492 e. The molecule has 0 fully saturated rings. The first kappa shape index (κ1) is 9.06. The molecule has 0 aliphatic carbocycles. The molecular weight excluding hydrogens is 178 g/mol. The normalized spacial score (nSPS) is 22.7. The van der Waals surface area contributed by atoms with Gasteiger partial charge >= 0.3 is 0 Å². The quantitative estimate of drug-likeness (QED) is 0.636. The van der Waals surface area contributed by atoms with E-state index in [0.717, 1.165) is 17.0 Å². The van der Waals surface area contributed by atoms with E-state index >= 15 is 0 Å². The summed E-state index contributed by atoms with van der Waals surface area (Å²) in [6, 6.07) is 7.89. The highest BCUT2D eigenvalue weighted by atomic mass is 16.6. The number of nitrogens with zero attached hydrogens (tertiary/aromatic N) is 1. The summed E-state index contributed by atoms with van der Waals surface area (Å²) in [7, 11) is 1.57. The Morgan fingerprint density at radius 1 is 1.43 bits per heavy atom. The first-order chi connectivity index (χ1) is 6.83. The maximum absolute atomic E-state index is 5.58. The van der Waals surface area contributed by atoms with Crippen LogP contribution in [0.4, 0.5) is 0 Å². The van der Waals surface area contributed by atoms with E-state index in [-0.39, 0.29) is 5.92 Å². The highest BCUT2D eigenvalue weighted by Gasteiger charge is 2.23. The molecule has 0 saturated heterocycles. The average Bonchev–Trinajstić information content (AvgIpc) is 2.23. The van der Waals surface area contributed by atoms with Crippen LogP contribution in [-0.4, -0.2) is 19.4 Å². The van der Waals surface area contributed by atoms with Crippen LogP contribution in [0.15, 0.2) is 29.4 Å². The lowest BCUT2D eigenvalue weighted by Crippen LogP contribution is -2.26. The van der Waals surface area contributed by atoms with Crippen LogP contribution in [0.25, 0.3) is 0 Å². The smallest absolute Gasteiger partial charge is 0.128 e. The summed E-state index contributed by atoms with van der Waals surface area (Å²) in [4.78, 5) is 4.84. The van der Waals surface area contributed by atoms with Gasteiger partial charge in [0.1, 0.15) is 12.9 Å². The Bertz CT molecular complexity index is 360. The van der Waals surface area contributed by atoms with Crippen molar-refractivity contribution in [1.29, 1.82) is 0 Å². The van der Waals surface area contributed by atoms with Crippen LogP contribution in [0, 0.1) is 5.92 Å². The van der Waals surface area contributed by atoms with Crippen molar-refractivity contribution in [1.82, 2.24) is 0 Å². The van der Waals surface area contributed by atoms with Gasteiger partial charge in [0, 0.05) is 11.5 Å². The lowest BCUT2D eigenvalue weighted by atomic mass is 9.96. The highest BCUT2D eigenvalue weighted by Crippen LogP contribution is 2.27. The van der Waals surface area contributed by atoms with E-state index in [2.05, 4.69) is 12.1 Å². The van der Waals surface area contributed by atoms with Crippen molar-refractivity contribution in [2.75, 3.05) is 13.7 Å². The topological polar surface area (TPSA) is 30.8 Å². The third kappa shape index (κ3) is 1.45. The molecule has 0 radical (unpaired) electrons. The van der Waals surface area contributed by atoms with Crippen LogP contribution in [0.5, 0.6) is 5.75 Å². The summed E-state index contributed by atoms with van der Waals surface area (Å²) in [5.41, 5.74) is 2.00. The van der Waals surface area contributed by atoms with Gasteiger partial charge in [-0.1, -0.05) is 24.2 Å². The van der Waals surface area contributed by atoms with E-state index in [1.807, 2.05) is 24.3 Å². The Labute approximate surface area is 83.3 Å². The fourth-order valence-electron chi connectivity index (χ4n) is 1.60. The minimum atomic E-state index is 0.282. The number of fused-ring (bicyclic) bond motifs is 1. The van der Waals surface area contributed by atoms with Crippen LogP contribution < -0.4 is 4.74 Å². The molecule has 1 atom stereocenters. The second kappa shape index (κ2) is 3.70. The van der Waals surface area contributed by atoms with Gasteiger partial charge in [0.15, 0.2) is 0 Å². The van der Waals surface area contributed by atoms with Gasteiger partial charge in [0.25, 0.3) is 0 Å². The molecule has 0 amide bonds. The van der Waals surface area contributed by atoms with Crippen LogP contribution in [0.2, 0.25) is 0 Å². The van der Waals surface area contributed by atoms with Crippen molar-refractivity contribution in [3.8, 4) is 5.75 Å². The third-order valence-corrected chi connectivity index (χ3v) is 2.31. The van der Waals surface area contributed by atoms with Crippen molar-refractivity contribution in [2.45, 2.75) is 6.92 Å². The number of hydrogen-bond donors (Lipinski definition) is 0. The number of benzene rings is 1. The monoisotopic (exact) mass is 191 g/mol. The minimum absolute atomic E-state index is 0.282. The van der Waals surface area contributed by atoms with Crippen LogP contribution in [0.1, 0.15) is 12.5 Å². The molecule has 2 rings (SSSR count). The van der Waals surface area contributed by atoms with Crippen LogP contribution in [0.3, 0.4) is 0 Å². The third-order valence-electron chi connectivity index (χ3n) is 2.31. The van der Waals surface area contributed by atoms with Crippen molar-refractivity contribution < 1.29 is 9.57 Å². The number of ether oxygens (including phenoxy) is 1. The van der Waals surface area contributed by atoms with Gasteiger partial charge in [-0.2, -0.15) is 0 Å². The van der Waals surface area contributed by atoms with Crippen LogP contribution >= 0.6 is 0 Å². The molecule has 3 heteroatoms. The lowest BCUT2D eigenvalue weighted by molar-refractivity contribution is 0.206. The molecule has 14 heavy (non-hydrogen) atoms. The Hall–Kier alpha value is -1.51. The molecule has 74 valence electrons. The van der Waals surface area contributed by atoms with E-state index in [9.17, 15) is 0 Å². The summed E-state index contributed by atoms with van der Waals surface area (Å²) >= 11 is 0. The predicted octanol–water partition coefficient (Wildman–Crippen LogP) is 2.07. The molecule has 1 aliphatic heterocycles. The first-order valence-electron chi connectivity index (χ1n) is 4.66. The Kier molecular flexibility index (Phi) is 2.39. The van der Waals surface area contributed by atoms with E-state index in [1.54, 1.807) is 7.11 Å². The summed E-state index contributed by atoms with van der Waals surface area (Å²) in [5.74, 6) is 1.17. The highest BCUT2D eigenvalue weighted by molar-refractivity contribution is 6.04. The second-order valence-corrected chi connectivity index (χ2v) is 3.37. The molecule has 0 bridgehead atoms. The standard InChI is InChI=1S/C11H13NO2/c1-8-7-14-10-6-4-3-5-9(10)11(8)12-13-2/h3-6,8H,7H2,1-2H3/b12-11+. The second-order valence-electron chi connectivity index (χ2n) is 3.37. The number of para-hydroxylation sites is 1. The SMILES string of the molecule is CO/N=C1/c2ccccc2OCC1C. The zero-order valence-electron chi connectivity index (χ0n) is 8.36. The van der Waals surface area contributed by atoms with Gasteiger partial charge < -0.3 is 9.57 Å². The number of oxime groups is 1. The van der Waals surface area contributed by atoms with E-state index in [1.165, 1.54) is 0 Å². The summed E-state index contributed by atoms with van der Waals surface area (Å²) in [5, 5.41) is 4.04. The number of rotatable bonds is 1. The zero-order valence-corrected chi connectivity index (χ0v) is 8.36. The fraction of sp³-hybridized carbons (Fsp3) is 0.364. The largest absolute Gasteiger partial charge is 0.492 e. The molecule has 1 aliphatic rings. The molecular formula is C11H13NO2. The van der Waals surface area contributed by atoms with Crippen molar-refractivity contribution in [2.24, 2.45) is 11.1 Å². The van der Waals surface area contributed by atoms with Crippen molar-refractivity contribution >= 4 is 5.71 Å².